The second-order valence-corrected chi connectivity index (χ2v) is 5.11. The van der Waals surface area contributed by atoms with Crippen LogP contribution in [0.2, 0.25) is 0 Å². The molecule has 4 aliphatic rings. The minimum absolute atomic E-state index is 0.950. The summed E-state index contributed by atoms with van der Waals surface area (Å²) in [7, 11) is 0. The molecule has 2 nitrogen and oxygen atoms in total. The second-order valence-electron chi connectivity index (χ2n) is 5.11. The van der Waals surface area contributed by atoms with Crippen molar-refractivity contribution in [2.45, 2.75) is 0 Å². The zero-order valence-corrected chi connectivity index (χ0v) is 11.2. The van der Waals surface area contributed by atoms with Crippen molar-refractivity contribution in [3.8, 4) is 0 Å². The molecule has 0 amide bonds. The monoisotopic (exact) mass is 260 g/mol. The van der Waals surface area contributed by atoms with Gasteiger partial charge in [0.2, 0.25) is 0 Å². The van der Waals surface area contributed by atoms with Crippen LogP contribution in [0.25, 0.3) is 0 Å². The first-order chi connectivity index (χ1) is 9.93. The van der Waals surface area contributed by atoms with Gasteiger partial charge in [-0.2, -0.15) is 0 Å². The van der Waals surface area contributed by atoms with Gasteiger partial charge in [-0.15, -0.1) is 0 Å². The Labute approximate surface area is 119 Å². The predicted molar refractivity (Wildman–Crippen MR) is 82.3 cm³/mol. The summed E-state index contributed by atoms with van der Waals surface area (Å²) in [6, 6.07) is 0. The summed E-state index contributed by atoms with van der Waals surface area (Å²) in [5, 5.41) is 0. The van der Waals surface area contributed by atoms with Crippen molar-refractivity contribution >= 4 is 0 Å². The summed E-state index contributed by atoms with van der Waals surface area (Å²) in [6.45, 7) is 1.90. The Morgan fingerprint density at radius 2 is 1.10 bits per heavy atom. The maximum absolute atomic E-state index is 2.29. The maximum atomic E-state index is 2.29. The molecule has 0 aliphatic carbocycles. The van der Waals surface area contributed by atoms with Gasteiger partial charge in [0.25, 0.3) is 0 Å². The normalized spacial score (nSPS) is 22.8. The van der Waals surface area contributed by atoms with Crippen LogP contribution in [0.3, 0.4) is 0 Å². The third kappa shape index (κ3) is 1.73. The van der Waals surface area contributed by atoms with E-state index >= 15 is 0 Å². The lowest BCUT2D eigenvalue weighted by molar-refractivity contribution is 0.507. The lowest BCUT2D eigenvalue weighted by Crippen LogP contribution is -2.25. The molecule has 0 atom stereocenters. The lowest BCUT2D eigenvalue weighted by Gasteiger charge is -2.32. The summed E-state index contributed by atoms with van der Waals surface area (Å²) >= 11 is 0. The molecule has 0 bridgehead atoms. The zero-order chi connectivity index (χ0) is 13.4. The van der Waals surface area contributed by atoms with E-state index in [0.29, 0.717) is 0 Å². The first-order valence-electron chi connectivity index (χ1n) is 6.98. The van der Waals surface area contributed by atoms with Gasteiger partial charge >= 0.3 is 0 Å². The van der Waals surface area contributed by atoms with E-state index in [4.69, 9.17) is 0 Å². The van der Waals surface area contributed by atoms with Crippen LogP contribution < -0.4 is 0 Å². The van der Waals surface area contributed by atoms with E-state index in [9.17, 15) is 0 Å². The van der Waals surface area contributed by atoms with Crippen LogP contribution >= 0.6 is 0 Å². The van der Waals surface area contributed by atoms with Crippen molar-refractivity contribution < 1.29 is 0 Å². The molecule has 0 aromatic rings. The van der Waals surface area contributed by atoms with E-state index in [1.54, 1.807) is 0 Å². The van der Waals surface area contributed by atoms with E-state index in [-0.39, 0.29) is 0 Å². The van der Waals surface area contributed by atoms with Crippen molar-refractivity contribution in [2.24, 2.45) is 0 Å². The Hall–Kier alpha value is -2.48. The van der Waals surface area contributed by atoms with Gasteiger partial charge in [-0.1, -0.05) is 36.5 Å². The van der Waals surface area contributed by atoms with Crippen molar-refractivity contribution in [1.29, 1.82) is 0 Å². The Morgan fingerprint density at radius 1 is 0.600 bits per heavy atom. The molecule has 0 aromatic carbocycles. The molecule has 4 heterocycles. The lowest BCUT2D eigenvalue weighted by atomic mass is 9.94. The highest BCUT2D eigenvalue weighted by Gasteiger charge is 2.21. The third-order valence-electron chi connectivity index (χ3n) is 3.90. The van der Waals surface area contributed by atoms with Gasteiger partial charge < -0.3 is 9.80 Å². The Kier molecular flexibility index (Phi) is 2.59. The molecule has 0 unspecified atom stereocenters. The van der Waals surface area contributed by atoms with Crippen LogP contribution in [-0.2, 0) is 0 Å². The SMILES string of the molecule is C1=CC2=C(C3=C4C=CC=CN4CC=C3)C=CCN2C=C1. The quantitative estimate of drug-likeness (QED) is 0.713. The molecule has 2 heteroatoms. The molecule has 0 radical (unpaired) electrons. The Bertz CT molecular complexity index is 618. The topological polar surface area (TPSA) is 6.48 Å². The molecule has 0 N–H and O–H groups in total. The molecule has 4 aliphatic heterocycles. The van der Waals surface area contributed by atoms with Crippen LogP contribution in [0, 0.1) is 0 Å². The highest BCUT2D eigenvalue weighted by atomic mass is 15.1. The maximum Gasteiger partial charge on any atom is 0.0489 e. The fourth-order valence-corrected chi connectivity index (χ4v) is 2.95. The molecule has 4 rings (SSSR count). The van der Waals surface area contributed by atoms with E-state index in [0.717, 1.165) is 13.1 Å². The van der Waals surface area contributed by atoms with Crippen LogP contribution in [-0.4, -0.2) is 22.9 Å². The van der Waals surface area contributed by atoms with E-state index < -0.39 is 0 Å². The first-order valence-corrected chi connectivity index (χ1v) is 6.98. The van der Waals surface area contributed by atoms with Gasteiger partial charge in [0.1, 0.15) is 0 Å². The highest BCUT2D eigenvalue weighted by Crippen LogP contribution is 2.33. The first kappa shape index (κ1) is 11.4. The van der Waals surface area contributed by atoms with Gasteiger partial charge in [0.05, 0.1) is 0 Å². The molecule has 98 valence electrons. The zero-order valence-electron chi connectivity index (χ0n) is 11.2. The number of fused-ring (bicyclic) bond motifs is 2. The molecule has 0 saturated carbocycles. The van der Waals surface area contributed by atoms with Gasteiger partial charge in [-0.3, -0.25) is 0 Å². The van der Waals surface area contributed by atoms with Crippen LogP contribution in [0.4, 0.5) is 0 Å². The van der Waals surface area contributed by atoms with Crippen LogP contribution in [0.5, 0.6) is 0 Å². The van der Waals surface area contributed by atoms with Crippen molar-refractivity contribution in [2.75, 3.05) is 13.1 Å². The molecular weight excluding hydrogens is 244 g/mol. The molecule has 0 fully saturated rings. The van der Waals surface area contributed by atoms with Gasteiger partial charge in [0.15, 0.2) is 0 Å². The standard InChI is InChI=1S/C18H16N2/c1-3-11-19-13-5-7-15(17(19)9-1)16-8-6-14-20-12-4-2-10-18(16)20/h1-12H,13-14H2. The number of hydrogen-bond acceptors (Lipinski definition) is 2. The summed E-state index contributed by atoms with van der Waals surface area (Å²) in [6.07, 6.45) is 26.0. The Balaban J connectivity index is 1.88. The summed E-state index contributed by atoms with van der Waals surface area (Å²) in [5.41, 5.74) is 5.17. The number of nitrogens with zero attached hydrogens (tertiary/aromatic N) is 2. The van der Waals surface area contributed by atoms with Gasteiger partial charge in [-0.05, 0) is 24.3 Å². The van der Waals surface area contributed by atoms with Crippen molar-refractivity contribution in [3.63, 3.8) is 0 Å². The second kappa shape index (κ2) is 4.57. The molecule has 0 spiro atoms. The minimum Gasteiger partial charge on any atom is -0.344 e. The van der Waals surface area contributed by atoms with Crippen LogP contribution in [0.15, 0.2) is 95.7 Å². The van der Waals surface area contributed by atoms with Crippen molar-refractivity contribution in [1.82, 2.24) is 9.80 Å². The third-order valence-corrected chi connectivity index (χ3v) is 3.90. The summed E-state index contributed by atoms with van der Waals surface area (Å²) in [4.78, 5) is 4.58. The minimum atomic E-state index is 0.950. The number of hydrogen-bond donors (Lipinski definition) is 0. The average molecular weight is 260 g/mol. The number of allylic oxidation sites excluding steroid dienone is 10. The molecular formula is C18H16N2. The van der Waals surface area contributed by atoms with Gasteiger partial charge in [0, 0.05) is 48.0 Å². The fourth-order valence-electron chi connectivity index (χ4n) is 2.95. The number of rotatable bonds is 1. The van der Waals surface area contributed by atoms with Crippen molar-refractivity contribution in [3.05, 3.63) is 95.7 Å². The highest BCUT2D eigenvalue weighted by molar-refractivity contribution is 5.59. The summed E-state index contributed by atoms with van der Waals surface area (Å²) in [5.74, 6) is 0. The summed E-state index contributed by atoms with van der Waals surface area (Å²) < 4.78 is 0. The average Bonchev–Trinajstić information content (AvgIpc) is 2.54. The van der Waals surface area contributed by atoms with E-state index in [2.05, 4.69) is 83.0 Å². The Morgan fingerprint density at radius 3 is 1.60 bits per heavy atom. The smallest absolute Gasteiger partial charge is 0.0489 e. The van der Waals surface area contributed by atoms with Crippen LogP contribution in [0.1, 0.15) is 0 Å². The largest absolute Gasteiger partial charge is 0.344 e. The predicted octanol–water partition coefficient (Wildman–Crippen LogP) is 3.41. The molecule has 0 saturated heterocycles. The molecule has 20 heavy (non-hydrogen) atoms. The molecule has 0 aromatic heterocycles. The fraction of sp³-hybridized carbons (Fsp3) is 0.111. The van der Waals surface area contributed by atoms with E-state index in [1.165, 1.54) is 22.5 Å². The van der Waals surface area contributed by atoms with E-state index in [1.807, 2.05) is 0 Å². The van der Waals surface area contributed by atoms with Gasteiger partial charge in [-0.25, -0.2) is 0 Å².